The Labute approximate surface area is 95.8 Å². The van der Waals surface area contributed by atoms with E-state index in [9.17, 15) is 4.79 Å². The maximum Gasteiger partial charge on any atom is 0.230 e. The molecule has 1 aromatic heterocycles. The van der Waals surface area contributed by atoms with E-state index in [1.54, 1.807) is 0 Å². The monoisotopic (exact) mass is 244 g/mol. The zero-order valence-electron chi connectivity index (χ0n) is 8.10. The third-order valence-corrected chi connectivity index (χ3v) is 3.92. The van der Waals surface area contributed by atoms with Gasteiger partial charge in [-0.25, -0.2) is 0 Å². The Hall–Kier alpha value is -0.820. The number of nitrogens with zero attached hydrogens (tertiary/aromatic N) is 2. The molecule has 1 aliphatic rings. The molecule has 1 amide bonds. The highest BCUT2D eigenvalue weighted by molar-refractivity contribution is 8.01. The minimum absolute atomic E-state index is 0.0562. The number of thioether (sulfide) groups is 1. The minimum atomic E-state index is 0.0562. The molecule has 15 heavy (non-hydrogen) atoms. The minimum Gasteiger partial charge on any atom is -0.374 e. The Bertz CT molecular complexity index is 350. The molecule has 1 aromatic rings. The van der Waals surface area contributed by atoms with Gasteiger partial charge in [-0.2, -0.15) is 0 Å². The molecule has 0 atom stereocenters. The molecule has 1 fully saturated rings. The van der Waals surface area contributed by atoms with Gasteiger partial charge in [0.15, 0.2) is 4.34 Å². The highest BCUT2D eigenvalue weighted by Gasteiger charge is 2.21. The van der Waals surface area contributed by atoms with Crippen molar-refractivity contribution in [2.45, 2.75) is 17.2 Å². The number of carbonyl (C=O) groups excluding carboxylic acids is 1. The molecule has 0 spiro atoms. The van der Waals surface area contributed by atoms with E-state index in [1.807, 2.05) is 0 Å². The predicted octanol–water partition coefficient (Wildman–Crippen LogP) is 0.739. The molecule has 7 heteroatoms. The van der Waals surface area contributed by atoms with Crippen molar-refractivity contribution in [1.82, 2.24) is 15.5 Å². The van der Waals surface area contributed by atoms with E-state index < -0.39 is 0 Å². The van der Waals surface area contributed by atoms with Crippen LogP contribution in [0, 0.1) is 5.92 Å². The van der Waals surface area contributed by atoms with Crippen LogP contribution in [-0.4, -0.2) is 28.4 Å². The molecule has 1 saturated carbocycles. The highest BCUT2D eigenvalue weighted by Crippen LogP contribution is 2.27. The zero-order valence-corrected chi connectivity index (χ0v) is 9.74. The third kappa shape index (κ3) is 3.67. The van der Waals surface area contributed by atoms with Crippen molar-refractivity contribution in [3.63, 3.8) is 0 Å². The summed E-state index contributed by atoms with van der Waals surface area (Å²) in [5.74, 6) is 1.17. The molecule has 0 bridgehead atoms. The molecular weight excluding hydrogens is 232 g/mol. The number of nitrogen functional groups attached to an aromatic ring is 1. The van der Waals surface area contributed by atoms with E-state index in [-0.39, 0.29) is 5.91 Å². The Morgan fingerprint density at radius 3 is 3.00 bits per heavy atom. The van der Waals surface area contributed by atoms with Gasteiger partial charge in [-0.15, -0.1) is 10.2 Å². The normalized spacial score (nSPS) is 15.2. The molecule has 1 heterocycles. The maximum atomic E-state index is 11.3. The summed E-state index contributed by atoms with van der Waals surface area (Å²) in [6, 6.07) is 0. The second kappa shape index (κ2) is 4.80. The fourth-order valence-electron chi connectivity index (χ4n) is 1.04. The summed E-state index contributed by atoms with van der Waals surface area (Å²) in [7, 11) is 0. The summed E-state index contributed by atoms with van der Waals surface area (Å²) in [5.41, 5.74) is 5.42. The lowest BCUT2D eigenvalue weighted by molar-refractivity contribution is -0.118. The number of carbonyl (C=O) groups is 1. The second-order valence-corrected chi connectivity index (χ2v) is 5.67. The van der Waals surface area contributed by atoms with Crippen LogP contribution in [0.1, 0.15) is 12.8 Å². The molecule has 82 valence electrons. The van der Waals surface area contributed by atoms with Crippen LogP contribution in [0.3, 0.4) is 0 Å². The van der Waals surface area contributed by atoms with Crippen LogP contribution < -0.4 is 11.1 Å². The van der Waals surface area contributed by atoms with Crippen molar-refractivity contribution in [3.8, 4) is 0 Å². The first-order chi connectivity index (χ1) is 7.24. The van der Waals surface area contributed by atoms with Crippen LogP contribution >= 0.6 is 23.1 Å². The van der Waals surface area contributed by atoms with Gasteiger partial charge in [-0.3, -0.25) is 4.79 Å². The lowest BCUT2D eigenvalue weighted by Crippen LogP contribution is -2.27. The van der Waals surface area contributed by atoms with E-state index in [2.05, 4.69) is 15.5 Å². The van der Waals surface area contributed by atoms with Crippen LogP contribution in [0.4, 0.5) is 5.13 Å². The number of nitrogens with one attached hydrogen (secondary N) is 1. The Morgan fingerprint density at radius 1 is 1.60 bits per heavy atom. The SMILES string of the molecule is Nc1nnc(SCC(=O)NCC2CC2)s1. The van der Waals surface area contributed by atoms with Crippen molar-refractivity contribution < 1.29 is 4.79 Å². The number of amides is 1. The standard InChI is InChI=1S/C8H12N4OS2/c9-7-11-12-8(15-7)14-4-6(13)10-3-5-1-2-5/h5H,1-4H2,(H2,9,11)(H,10,13). The molecule has 1 aliphatic carbocycles. The van der Waals surface area contributed by atoms with Crippen molar-refractivity contribution in [3.05, 3.63) is 0 Å². The largest absolute Gasteiger partial charge is 0.374 e. The smallest absolute Gasteiger partial charge is 0.230 e. The lowest BCUT2D eigenvalue weighted by atomic mass is 10.4. The van der Waals surface area contributed by atoms with Gasteiger partial charge in [0.2, 0.25) is 11.0 Å². The van der Waals surface area contributed by atoms with Crippen molar-refractivity contribution in [2.24, 2.45) is 5.92 Å². The Morgan fingerprint density at radius 2 is 2.40 bits per heavy atom. The fourth-order valence-corrected chi connectivity index (χ4v) is 2.50. The Balaban J connectivity index is 1.65. The van der Waals surface area contributed by atoms with E-state index in [4.69, 9.17) is 5.73 Å². The molecule has 0 unspecified atom stereocenters. The molecule has 0 saturated heterocycles. The summed E-state index contributed by atoms with van der Waals surface area (Å²) in [6.07, 6.45) is 2.50. The highest BCUT2D eigenvalue weighted by atomic mass is 32.2. The Kier molecular flexibility index (Phi) is 3.42. The van der Waals surface area contributed by atoms with E-state index >= 15 is 0 Å². The van der Waals surface area contributed by atoms with Gasteiger partial charge in [-0.05, 0) is 18.8 Å². The second-order valence-electron chi connectivity index (χ2n) is 3.44. The summed E-state index contributed by atoms with van der Waals surface area (Å²) in [6.45, 7) is 0.817. The molecule has 3 N–H and O–H groups in total. The number of rotatable bonds is 5. The first-order valence-corrected chi connectivity index (χ1v) is 6.53. The number of nitrogens with two attached hydrogens (primary N) is 1. The van der Waals surface area contributed by atoms with Crippen molar-refractivity contribution in [2.75, 3.05) is 18.0 Å². The van der Waals surface area contributed by atoms with Crippen LogP contribution in [0.25, 0.3) is 0 Å². The molecule has 0 radical (unpaired) electrons. The average molecular weight is 244 g/mol. The summed E-state index contributed by atoms with van der Waals surface area (Å²) in [5, 5.41) is 10.8. The van der Waals surface area contributed by atoms with Gasteiger partial charge in [0.1, 0.15) is 0 Å². The fraction of sp³-hybridized carbons (Fsp3) is 0.625. The summed E-state index contributed by atoms with van der Waals surface area (Å²) < 4.78 is 0.745. The molecular formula is C8H12N4OS2. The lowest BCUT2D eigenvalue weighted by Gasteiger charge is -2.01. The van der Waals surface area contributed by atoms with Crippen LogP contribution in [0.2, 0.25) is 0 Å². The van der Waals surface area contributed by atoms with Gasteiger partial charge in [0, 0.05) is 6.54 Å². The average Bonchev–Trinajstić information content (AvgIpc) is 2.95. The quantitative estimate of drug-likeness (QED) is 0.747. The molecule has 0 aliphatic heterocycles. The number of hydrogen-bond acceptors (Lipinski definition) is 6. The summed E-state index contributed by atoms with van der Waals surface area (Å²) >= 11 is 2.68. The number of aromatic nitrogens is 2. The van der Waals surface area contributed by atoms with E-state index in [0.29, 0.717) is 10.9 Å². The van der Waals surface area contributed by atoms with Gasteiger partial charge in [0.05, 0.1) is 5.75 Å². The number of anilines is 1. The third-order valence-electron chi connectivity index (χ3n) is 2.03. The van der Waals surface area contributed by atoms with E-state index in [0.717, 1.165) is 16.8 Å². The number of hydrogen-bond donors (Lipinski definition) is 2. The first-order valence-electron chi connectivity index (χ1n) is 4.72. The maximum absolute atomic E-state index is 11.3. The molecule has 2 rings (SSSR count). The van der Waals surface area contributed by atoms with Crippen molar-refractivity contribution in [1.29, 1.82) is 0 Å². The summed E-state index contributed by atoms with van der Waals surface area (Å²) in [4.78, 5) is 11.3. The van der Waals surface area contributed by atoms with Crippen molar-refractivity contribution >= 4 is 34.1 Å². The van der Waals surface area contributed by atoms with E-state index in [1.165, 1.54) is 35.9 Å². The van der Waals surface area contributed by atoms with Gasteiger partial charge < -0.3 is 11.1 Å². The van der Waals surface area contributed by atoms with Crippen LogP contribution in [0.15, 0.2) is 4.34 Å². The topological polar surface area (TPSA) is 80.9 Å². The van der Waals surface area contributed by atoms with Crippen LogP contribution in [0.5, 0.6) is 0 Å². The van der Waals surface area contributed by atoms with Gasteiger partial charge in [0.25, 0.3) is 0 Å². The molecule has 5 nitrogen and oxygen atoms in total. The first kappa shape index (κ1) is 10.7. The zero-order chi connectivity index (χ0) is 10.7. The van der Waals surface area contributed by atoms with Crippen LogP contribution in [-0.2, 0) is 4.79 Å². The molecule has 0 aromatic carbocycles. The van der Waals surface area contributed by atoms with Gasteiger partial charge in [-0.1, -0.05) is 23.1 Å². The predicted molar refractivity (Wildman–Crippen MR) is 60.8 cm³/mol. The van der Waals surface area contributed by atoms with Gasteiger partial charge >= 0.3 is 0 Å².